The van der Waals surface area contributed by atoms with Crippen molar-refractivity contribution in [3.63, 3.8) is 0 Å². The molecule has 0 spiro atoms. The number of nitrogens with zero attached hydrogens (tertiary/aromatic N) is 2. The predicted molar refractivity (Wildman–Crippen MR) is 202 cm³/mol. The van der Waals surface area contributed by atoms with Gasteiger partial charge in [0.2, 0.25) is 21.7 Å². The lowest BCUT2D eigenvalue weighted by molar-refractivity contribution is -0.119. The number of carbonyl (C=O) groups is 2. The fraction of sp³-hybridized carbons (Fsp3) is 0.381. The molecule has 4 aromatic carbocycles. The number of halogens is 7. The molecule has 0 radical (unpaired) electrons. The molecule has 3 aliphatic rings. The fourth-order valence-corrected chi connectivity index (χ4v) is 8.24. The van der Waals surface area contributed by atoms with Gasteiger partial charge in [-0.1, -0.05) is 35.9 Å². The van der Waals surface area contributed by atoms with Crippen molar-refractivity contribution in [2.75, 3.05) is 11.4 Å². The Hall–Kier alpha value is -4.60. The van der Waals surface area contributed by atoms with Gasteiger partial charge in [-0.3, -0.25) is 4.79 Å². The van der Waals surface area contributed by atoms with Crippen LogP contribution in [0.25, 0.3) is 0 Å². The number of amides is 1. The number of carbonyl (C=O) groups excluding carboxylic acids is 2. The lowest BCUT2D eigenvalue weighted by atomic mass is 9.99. The highest BCUT2D eigenvalue weighted by Crippen LogP contribution is 2.46. The summed E-state index contributed by atoms with van der Waals surface area (Å²) >= 11 is 6.22. The molecule has 0 aliphatic heterocycles. The maximum atomic E-state index is 15.2. The summed E-state index contributed by atoms with van der Waals surface area (Å²) in [6, 6.07) is 13.1. The molecular formula is C42H39ClF6N2O6S. The molecule has 3 aliphatic carbocycles. The van der Waals surface area contributed by atoms with Crippen molar-refractivity contribution < 1.29 is 53.8 Å². The monoisotopic (exact) mass is 848 g/mol. The summed E-state index contributed by atoms with van der Waals surface area (Å²) in [5.74, 6) is -14.7. The quantitative estimate of drug-likeness (QED) is 0.0543. The Balaban J connectivity index is 1.35. The molecule has 0 aromatic heterocycles. The van der Waals surface area contributed by atoms with E-state index in [2.05, 4.69) is 6.07 Å². The number of esters is 1. The molecule has 4 aromatic rings. The number of hydrogen-bond acceptors (Lipinski definition) is 6. The molecule has 0 atom stereocenters. The van der Waals surface area contributed by atoms with Crippen LogP contribution in [0.5, 0.6) is 5.75 Å². The van der Waals surface area contributed by atoms with E-state index >= 15 is 8.78 Å². The topological polar surface area (TPSA) is 93.2 Å². The summed E-state index contributed by atoms with van der Waals surface area (Å²) in [6.45, 7) is 2.71. The van der Waals surface area contributed by atoms with Gasteiger partial charge >= 0.3 is 5.97 Å². The highest BCUT2D eigenvalue weighted by molar-refractivity contribution is 7.89. The van der Waals surface area contributed by atoms with Crippen LogP contribution >= 0.6 is 11.6 Å². The zero-order valence-electron chi connectivity index (χ0n) is 31.7. The van der Waals surface area contributed by atoms with E-state index < -0.39 is 80.4 Å². The Labute approximate surface area is 336 Å². The zero-order chi connectivity index (χ0) is 41.8. The maximum Gasteiger partial charge on any atom is 0.338 e. The number of anilines is 1. The Kier molecular flexibility index (Phi) is 11.4. The molecule has 16 heteroatoms. The molecule has 3 fully saturated rings. The Bertz CT molecular complexity index is 2350. The van der Waals surface area contributed by atoms with Gasteiger partial charge in [0.05, 0.1) is 30.4 Å². The van der Waals surface area contributed by atoms with Crippen molar-refractivity contribution in [1.82, 2.24) is 4.31 Å². The maximum absolute atomic E-state index is 15.2. The Morgan fingerprint density at radius 3 is 1.88 bits per heavy atom. The SMILES string of the molecule is CC(C)(C)OC(=O)c1ccc(N(Cc2cc(C3CC3)cc(C3CC3)c2)C(=O)CN(Cc2ccc(F)cc2Cl)S(=O)(=O)c2c(F)c(F)c(F)c(F)c2F)c(OC2CC2)c1. The lowest BCUT2D eigenvalue weighted by Crippen LogP contribution is -2.43. The van der Waals surface area contributed by atoms with Crippen molar-refractivity contribution in [2.24, 2.45) is 0 Å². The second-order valence-electron chi connectivity index (χ2n) is 15.9. The second kappa shape index (κ2) is 15.9. The average molecular weight is 849 g/mol. The van der Waals surface area contributed by atoms with E-state index in [1.807, 2.05) is 12.1 Å². The van der Waals surface area contributed by atoms with Gasteiger partial charge in [-0.05, 0) is 124 Å². The van der Waals surface area contributed by atoms with Crippen LogP contribution in [-0.2, 0) is 32.6 Å². The van der Waals surface area contributed by atoms with E-state index in [0.717, 1.165) is 55.0 Å². The van der Waals surface area contributed by atoms with Gasteiger partial charge in [0.15, 0.2) is 28.2 Å². The van der Waals surface area contributed by atoms with E-state index in [4.69, 9.17) is 21.1 Å². The number of ether oxygens (including phenoxy) is 2. The second-order valence-corrected chi connectivity index (χ2v) is 18.2. The Morgan fingerprint density at radius 2 is 1.34 bits per heavy atom. The van der Waals surface area contributed by atoms with Crippen molar-refractivity contribution in [3.05, 3.63) is 122 Å². The van der Waals surface area contributed by atoms with Crippen LogP contribution in [0.15, 0.2) is 59.5 Å². The van der Waals surface area contributed by atoms with Crippen molar-refractivity contribution in [2.45, 2.75) is 101 Å². The van der Waals surface area contributed by atoms with E-state index in [1.165, 1.54) is 23.1 Å². The summed E-state index contributed by atoms with van der Waals surface area (Å²) in [5.41, 5.74) is 2.01. The van der Waals surface area contributed by atoms with Crippen LogP contribution in [0.4, 0.5) is 32.0 Å². The van der Waals surface area contributed by atoms with E-state index in [0.29, 0.717) is 30.2 Å². The molecule has 7 rings (SSSR count). The number of benzene rings is 4. The molecule has 58 heavy (non-hydrogen) atoms. The zero-order valence-corrected chi connectivity index (χ0v) is 33.3. The van der Waals surface area contributed by atoms with Gasteiger partial charge in [0.25, 0.3) is 0 Å². The number of sulfonamides is 1. The third kappa shape index (κ3) is 9.16. The average Bonchev–Trinajstić information content (AvgIpc) is 3.98. The van der Waals surface area contributed by atoms with Gasteiger partial charge in [0.1, 0.15) is 17.2 Å². The molecule has 0 saturated heterocycles. The summed E-state index contributed by atoms with van der Waals surface area (Å²) in [5, 5.41) is -0.343. The highest BCUT2D eigenvalue weighted by atomic mass is 35.5. The van der Waals surface area contributed by atoms with Crippen LogP contribution in [-0.4, -0.2) is 42.8 Å². The number of hydrogen-bond donors (Lipinski definition) is 0. The van der Waals surface area contributed by atoms with Crippen LogP contribution < -0.4 is 9.64 Å². The number of rotatable bonds is 14. The molecule has 8 nitrogen and oxygen atoms in total. The minimum Gasteiger partial charge on any atom is -0.488 e. The van der Waals surface area contributed by atoms with Crippen molar-refractivity contribution in [1.29, 1.82) is 0 Å². The fourth-order valence-electron chi connectivity index (χ4n) is 6.54. The van der Waals surface area contributed by atoms with E-state index in [-0.39, 0.29) is 44.5 Å². The first-order valence-corrected chi connectivity index (χ1v) is 20.6. The smallest absolute Gasteiger partial charge is 0.338 e. The molecule has 0 N–H and O–H groups in total. The van der Waals surface area contributed by atoms with E-state index in [9.17, 15) is 35.6 Å². The van der Waals surface area contributed by atoms with Gasteiger partial charge in [-0.25, -0.2) is 39.6 Å². The molecule has 1 amide bonds. The van der Waals surface area contributed by atoms with Gasteiger partial charge in [-0.2, -0.15) is 4.31 Å². The first-order chi connectivity index (χ1) is 27.3. The van der Waals surface area contributed by atoms with Gasteiger partial charge < -0.3 is 14.4 Å². The first kappa shape index (κ1) is 41.6. The minimum absolute atomic E-state index is 0.0794. The normalized spacial score (nSPS) is 15.8. The van der Waals surface area contributed by atoms with Crippen LogP contribution in [0.2, 0.25) is 5.02 Å². The lowest BCUT2D eigenvalue weighted by Gasteiger charge is -2.30. The van der Waals surface area contributed by atoms with Gasteiger partial charge in [-0.15, -0.1) is 0 Å². The third-order valence-electron chi connectivity index (χ3n) is 9.92. The Morgan fingerprint density at radius 1 is 0.759 bits per heavy atom. The van der Waals surface area contributed by atoms with Crippen LogP contribution in [0.1, 0.15) is 104 Å². The van der Waals surface area contributed by atoms with Crippen molar-refractivity contribution >= 4 is 39.2 Å². The predicted octanol–water partition coefficient (Wildman–Crippen LogP) is 9.85. The molecular weight excluding hydrogens is 810 g/mol. The summed E-state index contributed by atoms with van der Waals surface area (Å²) in [7, 11) is -5.76. The highest BCUT2D eigenvalue weighted by Gasteiger charge is 2.40. The summed E-state index contributed by atoms with van der Waals surface area (Å²) < 4.78 is 128. The van der Waals surface area contributed by atoms with E-state index in [1.54, 1.807) is 20.8 Å². The standard InChI is InChI=1S/C42H39ClF6N2O6S/c1-42(2,3)57-41(53)25-9-13-32(33(17-25)56-30-11-12-30)51(19-22-14-27(23-4-5-23)16-28(15-22)24-6-7-24)34(52)21-50(20-26-8-10-29(44)18-31(26)43)58(54,55)40-38(48)36(46)35(45)37(47)39(40)49/h8-10,13-18,23-24,30H,4-7,11-12,19-21H2,1-3H3. The molecule has 308 valence electrons. The summed E-state index contributed by atoms with van der Waals surface area (Å²) in [6.07, 6.45) is 5.01. The first-order valence-electron chi connectivity index (χ1n) is 18.7. The molecule has 0 unspecified atom stereocenters. The molecule has 3 saturated carbocycles. The van der Waals surface area contributed by atoms with Crippen molar-refractivity contribution in [3.8, 4) is 5.75 Å². The van der Waals surface area contributed by atoms with Crippen LogP contribution in [0, 0.1) is 34.9 Å². The summed E-state index contributed by atoms with van der Waals surface area (Å²) in [4.78, 5) is 27.0. The molecule has 0 heterocycles. The largest absolute Gasteiger partial charge is 0.488 e. The molecule has 0 bridgehead atoms. The third-order valence-corrected chi connectivity index (χ3v) is 12.1. The minimum atomic E-state index is -5.76. The van der Waals surface area contributed by atoms with Gasteiger partial charge in [0, 0.05) is 11.6 Å². The van der Waals surface area contributed by atoms with Crippen LogP contribution in [0.3, 0.4) is 0 Å².